The third-order valence-corrected chi connectivity index (χ3v) is 5.21. The molecule has 2 N–H and O–H groups in total. The van der Waals surface area contributed by atoms with Crippen LogP contribution in [0.1, 0.15) is 43.4 Å². The van der Waals surface area contributed by atoms with Gasteiger partial charge in [0, 0.05) is 26.2 Å². The molecular formula is C19H29FN4. The fourth-order valence-corrected chi connectivity index (χ4v) is 3.40. The normalized spacial score (nSPS) is 23.3. The van der Waals surface area contributed by atoms with Crippen molar-refractivity contribution in [2.45, 2.75) is 45.2 Å². The molecule has 0 spiro atoms. The summed E-state index contributed by atoms with van der Waals surface area (Å²) in [5.74, 6) is 1.32. The van der Waals surface area contributed by atoms with E-state index in [-0.39, 0.29) is 11.9 Å². The first-order chi connectivity index (χ1) is 11.6. The lowest BCUT2D eigenvalue weighted by Crippen LogP contribution is -2.41. The van der Waals surface area contributed by atoms with Crippen molar-refractivity contribution >= 4 is 5.96 Å². The molecule has 0 amide bonds. The zero-order chi connectivity index (χ0) is 17.1. The van der Waals surface area contributed by atoms with Crippen LogP contribution in [0.4, 0.5) is 4.39 Å². The van der Waals surface area contributed by atoms with Gasteiger partial charge in [-0.25, -0.2) is 4.39 Å². The van der Waals surface area contributed by atoms with Gasteiger partial charge in [0.05, 0.1) is 6.04 Å². The zero-order valence-electron chi connectivity index (χ0n) is 15.0. The number of halogens is 1. The minimum Gasteiger partial charge on any atom is -0.356 e. The molecule has 132 valence electrons. The maximum absolute atomic E-state index is 13.7. The Morgan fingerprint density at radius 2 is 2.17 bits per heavy atom. The van der Waals surface area contributed by atoms with Gasteiger partial charge in [-0.1, -0.05) is 12.1 Å². The van der Waals surface area contributed by atoms with Crippen LogP contribution in [0.25, 0.3) is 0 Å². The number of benzene rings is 1. The van der Waals surface area contributed by atoms with Crippen molar-refractivity contribution in [1.82, 2.24) is 15.5 Å². The van der Waals surface area contributed by atoms with Crippen LogP contribution in [0.2, 0.25) is 0 Å². The number of likely N-dealkylation sites (tertiary alicyclic amines) is 1. The van der Waals surface area contributed by atoms with Crippen LogP contribution in [0, 0.1) is 18.7 Å². The zero-order valence-corrected chi connectivity index (χ0v) is 15.0. The molecule has 1 aromatic carbocycles. The summed E-state index contributed by atoms with van der Waals surface area (Å²) in [6.45, 7) is 7.19. The fourth-order valence-electron chi connectivity index (χ4n) is 3.40. The smallest absolute Gasteiger partial charge is 0.191 e. The lowest BCUT2D eigenvalue weighted by atomic mass is 10.1. The van der Waals surface area contributed by atoms with E-state index in [0.717, 1.165) is 24.1 Å². The molecule has 0 aromatic heterocycles. The summed E-state index contributed by atoms with van der Waals surface area (Å²) in [6.07, 6.45) is 4.03. The number of nitrogens with zero attached hydrogens (tertiary/aromatic N) is 2. The monoisotopic (exact) mass is 332 g/mol. The average Bonchev–Trinajstić information content (AvgIpc) is 3.32. The molecule has 24 heavy (non-hydrogen) atoms. The van der Waals surface area contributed by atoms with Crippen molar-refractivity contribution in [3.8, 4) is 0 Å². The molecule has 2 fully saturated rings. The van der Waals surface area contributed by atoms with Gasteiger partial charge in [-0.15, -0.1) is 0 Å². The largest absolute Gasteiger partial charge is 0.356 e. The summed E-state index contributed by atoms with van der Waals surface area (Å²) in [5.41, 5.74) is 1.61. The van der Waals surface area contributed by atoms with E-state index in [9.17, 15) is 4.39 Å². The molecule has 2 atom stereocenters. The number of hydrogen-bond acceptors (Lipinski definition) is 2. The molecule has 0 bridgehead atoms. The molecule has 3 rings (SSSR count). The van der Waals surface area contributed by atoms with Gasteiger partial charge < -0.3 is 15.5 Å². The number of guanidine groups is 1. The van der Waals surface area contributed by atoms with Gasteiger partial charge in [0.1, 0.15) is 5.82 Å². The summed E-state index contributed by atoms with van der Waals surface area (Å²) in [4.78, 5) is 6.93. The van der Waals surface area contributed by atoms with Crippen LogP contribution in [-0.4, -0.2) is 43.6 Å². The number of aryl methyl sites for hydroxylation is 1. The first-order valence-corrected chi connectivity index (χ1v) is 9.04. The molecule has 1 saturated carbocycles. The van der Waals surface area contributed by atoms with E-state index in [0.29, 0.717) is 11.5 Å². The van der Waals surface area contributed by atoms with E-state index < -0.39 is 0 Å². The molecule has 0 radical (unpaired) electrons. The molecule has 4 nitrogen and oxygen atoms in total. The molecule has 1 saturated heterocycles. The second-order valence-corrected chi connectivity index (χ2v) is 7.21. The van der Waals surface area contributed by atoms with Crippen molar-refractivity contribution in [3.63, 3.8) is 0 Å². The van der Waals surface area contributed by atoms with Crippen LogP contribution in [0.3, 0.4) is 0 Å². The standard InChI is InChI=1S/C19H29FN4/c1-13-4-5-16(10-18(13)20)14(2)23-19(21-3)22-11-15-8-9-24(12-15)17-6-7-17/h4-5,10,14-15,17H,6-9,11-12H2,1-3H3,(H2,21,22,23). The number of hydrogen-bond donors (Lipinski definition) is 2. The van der Waals surface area contributed by atoms with Crippen LogP contribution in [0.15, 0.2) is 23.2 Å². The van der Waals surface area contributed by atoms with Gasteiger partial charge in [-0.2, -0.15) is 0 Å². The Labute approximate surface area is 144 Å². The van der Waals surface area contributed by atoms with E-state index in [2.05, 4.69) is 20.5 Å². The van der Waals surface area contributed by atoms with E-state index >= 15 is 0 Å². The Balaban J connectivity index is 1.48. The molecule has 5 heteroatoms. The molecule has 2 aliphatic rings. The minimum absolute atomic E-state index is 0.0119. The number of rotatable bonds is 5. The Hall–Kier alpha value is -1.62. The maximum atomic E-state index is 13.7. The summed E-state index contributed by atoms with van der Waals surface area (Å²) >= 11 is 0. The molecule has 1 aliphatic heterocycles. The summed E-state index contributed by atoms with van der Waals surface area (Å²) < 4.78 is 13.7. The third kappa shape index (κ3) is 4.26. The van der Waals surface area contributed by atoms with Gasteiger partial charge in [0.25, 0.3) is 0 Å². The lowest BCUT2D eigenvalue weighted by molar-refractivity contribution is 0.314. The van der Waals surface area contributed by atoms with Gasteiger partial charge >= 0.3 is 0 Å². The van der Waals surface area contributed by atoms with Crippen molar-refractivity contribution in [2.75, 3.05) is 26.7 Å². The second kappa shape index (κ2) is 7.51. The Morgan fingerprint density at radius 1 is 1.38 bits per heavy atom. The van der Waals surface area contributed by atoms with Crippen molar-refractivity contribution in [2.24, 2.45) is 10.9 Å². The van der Waals surface area contributed by atoms with E-state index in [4.69, 9.17) is 0 Å². The highest BCUT2D eigenvalue weighted by molar-refractivity contribution is 5.80. The number of aliphatic imine (C=N–C) groups is 1. The first-order valence-electron chi connectivity index (χ1n) is 9.04. The van der Waals surface area contributed by atoms with Gasteiger partial charge in [0.15, 0.2) is 5.96 Å². The summed E-state index contributed by atoms with van der Waals surface area (Å²) in [6, 6.07) is 6.27. The highest BCUT2D eigenvalue weighted by atomic mass is 19.1. The van der Waals surface area contributed by atoms with Crippen LogP contribution in [-0.2, 0) is 0 Å². The summed E-state index contributed by atoms with van der Waals surface area (Å²) in [7, 11) is 1.78. The van der Waals surface area contributed by atoms with Crippen molar-refractivity contribution in [1.29, 1.82) is 0 Å². The minimum atomic E-state index is -0.157. The Kier molecular flexibility index (Phi) is 5.39. The van der Waals surface area contributed by atoms with E-state index in [1.54, 1.807) is 20.0 Å². The topological polar surface area (TPSA) is 39.7 Å². The Bertz CT molecular complexity index is 597. The number of nitrogens with one attached hydrogen (secondary N) is 2. The first kappa shape index (κ1) is 17.2. The van der Waals surface area contributed by atoms with Gasteiger partial charge in [-0.05, 0) is 62.8 Å². The SMILES string of the molecule is CN=C(NCC1CCN(C2CC2)C1)NC(C)c1ccc(C)c(F)c1. The predicted molar refractivity (Wildman–Crippen MR) is 96.8 cm³/mol. The predicted octanol–water partition coefficient (Wildman–Crippen LogP) is 2.84. The third-order valence-electron chi connectivity index (χ3n) is 5.21. The van der Waals surface area contributed by atoms with Crippen LogP contribution < -0.4 is 10.6 Å². The van der Waals surface area contributed by atoms with E-state index in [1.165, 1.54) is 32.4 Å². The van der Waals surface area contributed by atoms with Gasteiger partial charge in [0.2, 0.25) is 0 Å². The second-order valence-electron chi connectivity index (χ2n) is 7.21. The molecule has 1 aromatic rings. The molecule has 2 unspecified atom stereocenters. The maximum Gasteiger partial charge on any atom is 0.191 e. The van der Waals surface area contributed by atoms with E-state index in [1.807, 2.05) is 19.1 Å². The van der Waals surface area contributed by atoms with Crippen LogP contribution in [0.5, 0.6) is 0 Å². The van der Waals surface area contributed by atoms with Crippen molar-refractivity contribution in [3.05, 3.63) is 35.1 Å². The molecule has 1 heterocycles. The highest BCUT2D eigenvalue weighted by Gasteiger charge is 2.34. The Morgan fingerprint density at radius 3 is 2.83 bits per heavy atom. The fraction of sp³-hybridized carbons (Fsp3) is 0.632. The quantitative estimate of drug-likeness (QED) is 0.643. The molecular weight excluding hydrogens is 303 g/mol. The highest BCUT2D eigenvalue weighted by Crippen LogP contribution is 2.31. The lowest BCUT2D eigenvalue weighted by Gasteiger charge is -2.20. The van der Waals surface area contributed by atoms with Gasteiger partial charge in [-0.3, -0.25) is 4.99 Å². The summed E-state index contributed by atoms with van der Waals surface area (Å²) in [5, 5.41) is 6.79. The average molecular weight is 332 g/mol. The molecule has 1 aliphatic carbocycles. The van der Waals surface area contributed by atoms with Crippen LogP contribution >= 0.6 is 0 Å². The van der Waals surface area contributed by atoms with Crippen molar-refractivity contribution < 1.29 is 4.39 Å².